The van der Waals surface area contributed by atoms with Gasteiger partial charge in [-0.1, -0.05) is 0 Å². The molecule has 1 atom stereocenters. The molecule has 106 valence electrons. The lowest BCUT2D eigenvalue weighted by Crippen LogP contribution is -2.46. The normalized spacial score (nSPS) is 13.3. The van der Waals surface area contributed by atoms with Crippen LogP contribution in [0.3, 0.4) is 0 Å². The quantitative estimate of drug-likeness (QED) is 0.831. The highest BCUT2D eigenvalue weighted by atomic mass is 79.9. The number of pyridine rings is 1. The number of nitrogens with one attached hydrogen (secondary N) is 2. The van der Waals surface area contributed by atoms with Crippen LogP contribution in [0.25, 0.3) is 0 Å². The molecule has 0 aliphatic rings. The molecule has 0 aromatic carbocycles. The molecule has 1 aromatic rings. The zero-order valence-corrected chi connectivity index (χ0v) is 13.2. The molecule has 19 heavy (non-hydrogen) atoms. The summed E-state index contributed by atoms with van der Waals surface area (Å²) in [5.41, 5.74) is 0. The molecular weight excluding hydrogens is 334 g/mol. The Morgan fingerprint density at radius 1 is 1.32 bits per heavy atom. The topological polar surface area (TPSA) is 88.2 Å². The number of hydrogen-bond donors (Lipinski definition) is 2. The molecule has 0 saturated heterocycles. The highest BCUT2D eigenvalue weighted by molar-refractivity contribution is 9.10. The van der Waals surface area contributed by atoms with Gasteiger partial charge in [-0.25, -0.2) is 8.42 Å². The summed E-state index contributed by atoms with van der Waals surface area (Å²) in [5, 5.41) is 2.64. The van der Waals surface area contributed by atoms with Crippen LogP contribution >= 0.6 is 15.9 Å². The summed E-state index contributed by atoms with van der Waals surface area (Å²) in [6, 6.07) is 0.515. The van der Waals surface area contributed by atoms with Crippen molar-refractivity contribution in [3.63, 3.8) is 0 Å². The second-order valence-electron chi connectivity index (χ2n) is 4.35. The third-order valence-electron chi connectivity index (χ3n) is 2.15. The van der Waals surface area contributed by atoms with Crippen molar-refractivity contribution < 1.29 is 13.2 Å². The number of sulfonamides is 1. The molecule has 0 saturated carbocycles. The number of hydrogen-bond acceptors (Lipinski definition) is 4. The summed E-state index contributed by atoms with van der Waals surface area (Å²) in [7, 11) is -3.77. The van der Waals surface area contributed by atoms with E-state index in [0.29, 0.717) is 4.47 Å². The number of carbonyl (C=O) groups is 1. The van der Waals surface area contributed by atoms with Crippen molar-refractivity contribution in [2.75, 3.05) is 0 Å². The van der Waals surface area contributed by atoms with E-state index in [4.69, 9.17) is 0 Å². The monoisotopic (exact) mass is 349 g/mol. The molecule has 1 amide bonds. The SMILES string of the molecule is CC(C)NC(=O)C(C)NS(=O)(=O)c1cncc(Br)c1. The Balaban J connectivity index is 2.83. The van der Waals surface area contributed by atoms with Crippen LogP contribution in [0.5, 0.6) is 0 Å². The van der Waals surface area contributed by atoms with Crippen LogP contribution in [0.4, 0.5) is 0 Å². The van der Waals surface area contributed by atoms with Crippen LogP contribution in [-0.2, 0) is 14.8 Å². The van der Waals surface area contributed by atoms with Crippen LogP contribution in [0.1, 0.15) is 20.8 Å². The minimum Gasteiger partial charge on any atom is -0.353 e. The van der Waals surface area contributed by atoms with Crippen LogP contribution in [-0.4, -0.2) is 31.4 Å². The predicted molar refractivity (Wildman–Crippen MR) is 75.0 cm³/mol. The number of carbonyl (C=O) groups excluding carboxylic acids is 1. The fourth-order valence-electron chi connectivity index (χ4n) is 1.30. The van der Waals surface area contributed by atoms with Crippen molar-refractivity contribution in [3.8, 4) is 0 Å². The van der Waals surface area contributed by atoms with Crippen molar-refractivity contribution in [2.45, 2.75) is 37.8 Å². The molecular formula is C11H16BrN3O3S. The van der Waals surface area contributed by atoms with Gasteiger partial charge in [0.2, 0.25) is 15.9 Å². The lowest BCUT2D eigenvalue weighted by molar-refractivity contribution is -0.122. The van der Waals surface area contributed by atoms with Gasteiger partial charge in [-0.05, 0) is 42.8 Å². The molecule has 1 unspecified atom stereocenters. The van der Waals surface area contributed by atoms with Crippen molar-refractivity contribution >= 4 is 31.9 Å². The van der Waals surface area contributed by atoms with E-state index >= 15 is 0 Å². The average Bonchev–Trinajstić information content (AvgIpc) is 2.27. The number of aromatic nitrogens is 1. The zero-order valence-electron chi connectivity index (χ0n) is 10.8. The van der Waals surface area contributed by atoms with Crippen molar-refractivity contribution in [3.05, 3.63) is 22.9 Å². The number of halogens is 1. The van der Waals surface area contributed by atoms with E-state index in [2.05, 4.69) is 31.0 Å². The minimum atomic E-state index is -3.77. The summed E-state index contributed by atoms with van der Waals surface area (Å²) >= 11 is 3.15. The van der Waals surface area contributed by atoms with Crippen LogP contribution in [0, 0.1) is 0 Å². The Morgan fingerprint density at radius 3 is 2.47 bits per heavy atom. The molecule has 0 radical (unpaired) electrons. The predicted octanol–water partition coefficient (Wildman–Crippen LogP) is 1.04. The van der Waals surface area contributed by atoms with E-state index in [1.165, 1.54) is 25.4 Å². The molecule has 0 bridgehead atoms. The average molecular weight is 350 g/mol. The maximum Gasteiger partial charge on any atom is 0.242 e. The van der Waals surface area contributed by atoms with E-state index in [1.54, 1.807) is 13.8 Å². The first-order valence-electron chi connectivity index (χ1n) is 5.65. The molecule has 0 spiro atoms. The fourth-order valence-corrected chi connectivity index (χ4v) is 3.01. The molecule has 1 aromatic heterocycles. The van der Waals surface area contributed by atoms with Gasteiger partial charge in [0.1, 0.15) is 4.90 Å². The van der Waals surface area contributed by atoms with Gasteiger partial charge in [0.25, 0.3) is 0 Å². The Morgan fingerprint density at radius 2 is 1.95 bits per heavy atom. The molecule has 0 fully saturated rings. The maximum absolute atomic E-state index is 12.0. The second-order valence-corrected chi connectivity index (χ2v) is 6.97. The summed E-state index contributed by atoms with van der Waals surface area (Å²) in [6.07, 6.45) is 2.70. The van der Waals surface area contributed by atoms with Crippen LogP contribution < -0.4 is 10.0 Å². The summed E-state index contributed by atoms with van der Waals surface area (Å²) < 4.78 is 26.9. The first-order chi connectivity index (χ1) is 8.72. The third-order valence-corrected chi connectivity index (χ3v) is 4.09. The highest BCUT2D eigenvalue weighted by Crippen LogP contribution is 2.14. The number of amides is 1. The molecule has 0 aliphatic carbocycles. The molecule has 2 N–H and O–H groups in total. The van der Waals surface area contributed by atoms with Gasteiger partial charge in [0.05, 0.1) is 6.04 Å². The molecule has 1 rings (SSSR count). The number of rotatable bonds is 5. The van der Waals surface area contributed by atoms with Crippen LogP contribution in [0.2, 0.25) is 0 Å². The van der Waals surface area contributed by atoms with E-state index in [9.17, 15) is 13.2 Å². The standard InChI is InChI=1S/C11H16BrN3O3S/c1-7(2)14-11(16)8(3)15-19(17,18)10-4-9(12)5-13-6-10/h4-8,15H,1-3H3,(H,14,16). The lowest BCUT2D eigenvalue weighted by Gasteiger charge is -2.16. The highest BCUT2D eigenvalue weighted by Gasteiger charge is 2.22. The molecule has 0 aliphatic heterocycles. The van der Waals surface area contributed by atoms with E-state index in [0.717, 1.165) is 0 Å². The summed E-state index contributed by atoms with van der Waals surface area (Å²) in [5.74, 6) is -0.374. The molecule has 8 heteroatoms. The third kappa shape index (κ3) is 4.88. The fraction of sp³-hybridized carbons (Fsp3) is 0.455. The number of nitrogens with zero attached hydrogens (tertiary/aromatic N) is 1. The van der Waals surface area contributed by atoms with Crippen molar-refractivity contribution in [1.29, 1.82) is 0 Å². The lowest BCUT2D eigenvalue weighted by atomic mass is 10.3. The van der Waals surface area contributed by atoms with Gasteiger partial charge < -0.3 is 5.32 Å². The first-order valence-corrected chi connectivity index (χ1v) is 7.93. The Hall–Kier alpha value is -0.990. The molecule has 6 nitrogen and oxygen atoms in total. The van der Waals surface area contributed by atoms with Crippen molar-refractivity contribution in [2.24, 2.45) is 0 Å². The van der Waals surface area contributed by atoms with Gasteiger partial charge in [0, 0.05) is 22.9 Å². The van der Waals surface area contributed by atoms with Crippen LogP contribution in [0.15, 0.2) is 27.8 Å². The Bertz CT molecular complexity index is 560. The zero-order chi connectivity index (χ0) is 14.6. The first kappa shape index (κ1) is 16.1. The van der Waals surface area contributed by atoms with Gasteiger partial charge in [-0.15, -0.1) is 0 Å². The summed E-state index contributed by atoms with van der Waals surface area (Å²) in [4.78, 5) is 15.5. The van der Waals surface area contributed by atoms with Gasteiger partial charge in [-0.3, -0.25) is 9.78 Å². The molecule has 1 heterocycles. The largest absolute Gasteiger partial charge is 0.353 e. The van der Waals surface area contributed by atoms with Crippen molar-refractivity contribution in [1.82, 2.24) is 15.0 Å². The maximum atomic E-state index is 12.0. The van der Waals surface area contributed by atoms with Gasteiger partial charge >= 0.3 is 0 Å². The Labute approximate surface area is 121 Å². The van der Waals surface area contributed by atoms with E-state index in [-0.39, 0.29) is 16.8 Å². The van der Waals surface area contributed by atoms with E-state index < -0.39 is 16.1 Å². The van der Waals surface area contributed by atoms with E-state index in [1.807, 2.05) is 0 Å². The smallest absolute Gasteiger partial charge is 0.242 e. The summed E-state index contributed by atoms with van der Waals surface area (Å²) in [6.45, 7) is 5.09. The minimum absolute atomic E-state index is 0.00562. The van der Waals surface area contributed by atoms with Gasteiger partial charge in [-0.2, -0.15) is 4.72 Å². The Kier molecular flexibility index (Phi) is 5.45. The second kappa shape index (κ2) is 6.44. The van der Waals surface area contributed by atoms with Gasteiger partial charge in [0.15, 0.2) is 0 Å².